The van der Waals surface area contributed by atoms with E-state index in [1.165, 1.54) is 24.6 Å². The summed E-state index contributed by atoms with van der Waals surface area (Å²) < 4.78 is 24.9. The molecular formula is C21H21NO4S. The fraction of sp³-hybridized carbons (Fsp3) is 0.286. The van der Waals surface area contributed by atoms with Crippen LogP contribution in [0.1, 0.15) is 24.8 Å². The highest BCUT2D eigenvalue weighted by atomic mass is 32.2. The first-order chi connectivity index (χ1) is 12.9. The van der Waals surface area contributed by atoms with Gasteiger partial charge in [0.25, 0.3) is 0 Å². The summed E-state index contributed by atoms with van der Waals surface area (Å²) in [4.78, 5) is 13.9. The van der Waals surface area contributed by atoms with Crippen molar-refractivity contribution < 1.29 is 18.3 Å². The van der Waals surface area contributed by atoms with Crippen molar-refractivity contribution in [1.82, 2.24) is 0 Å². The molecule has 5 nitrogen and oxygen atoms in total. The number of rotatable bonds is 3. The molecule has 0 atom stereocenters. The van der Waals surface area contributed by atoms with Gasteiger partial charge in [0.05, 0.1) is 10.6 Å². The van der Waals surface area contributed by atoms with Crippen LogP contribution in [-0.4, -0.2) is 38.3 Å². The van der Waals surface area contributed by atoms with E-state index in [0.717, 1.165) is 24.2 Å². The van der Waals surface area contributed by atoms with Crippen LogP contribution >= 0.6 is 0 Å². The second kappa shape index (κ2) is 6.85. The predicted octanol–water partition coefficient (Wildman–Crippen LogP) is 3.60. The highest BCUT2D eigenvalue weighted by molar-refractivity contribution is 7.91. The quantitative estimate of drug-likeness (QED) is 0.877. The van der Waals surface area contributed by atoms with E-state index in [2.05, 4.69) is 17.0 Å². The van der Waals surface area contributed by atoms with Crippen molar-refractivity contribution in [3.05, 3.63) is 53.6 Å². The zero-order valence-corrected chi connectivity index (χ0v) is 15.7. The van der Waals surface area contributed by atoms with E-state index >= 15 is 0 Å². The first-order valence-electron chi connectivity index (χ1n) is 9.10. The molecule has 0 aliphatic carbocycles. The second-order valence-electron chi connectivity index (χ2n) is 7.04. The van der Waals surface area contributed by atoms with Gasteiger partial charge in [0, 0.05) is 24.4 Å². The van der Waals surface area contributed by atoms with Crippen molar-refractivity contribution in [3.8, 4) is 11.1 Å². The minimum Gasteiger partial charge on any atom is -0.478 e. The van der Waals surface area contributed by atoms with Crippen LogP contribution in [-0.2, 0) is 14.6 Å². The second-order valence-corrected chi connectivity index (χ2v) is 9.11. The Morgan fingerprint density at radius 2 is 1.63 bits per heavy atom. The average Bonchev–Trinajstić information content (AvgIpc) is 3.15. The third-order valence-electron chi connectivity index (χ3n) is 5.26. The number of carboxylic acid groups (broad SMARTS) is 1. The first-order valence-corrected chi connectivity index (χ1v) is 10.8. The summed E-state index contributed by atoms with van der Waals surface area (Å²) in [5, 5.41) is 9.31. The van der Waals surface area contributed by atoms with Gasteiger partial charge in [0.1, 0.15) is 0 Å². The zero-order valence-electron chi connectivity index (χ0n) is 14.9. The normalized spacial score (nSPS) is 18.5. The van der Waals surface area contributed by atoms with Gasteiger partial charge in [-0.1, -0.05) is 18.2 Å². The number of fused-ring (bicyclic) bond motifs is 1. The molecule has 0 radical (unpaired) electrons. The smallest absolute Gasteiger partial charge is 0.331 e. The molecule has 4 rings (SSSR count). The maximum absolute atomic E-state index is 12.5. The zero-order chi connectivity index (χ0) is 19.0. The molecule has 6 heteroatoms. The fourth-order valence-electron chi connectivity index (χ4n) is 3.75. The van der Waals surface area contributed by atoms with E-state index in [4.69, 9.17) is 0 Å². The third-order valence-corrected chi connectivity index (χ3v) is 7.04. The summed E-state index contributed by atoms with van der Waals surface area (Å²) in [5.74, 6) is -1.25. The number of carbonyl (C=O) groups is 1. The Balaban J connectivity index is 1.73. The molecule has 0 bridgehead atoms. The lowest BCUT2D eigenvalue weighted by atomic mass is 10.0. The molecule has 2 aromatic rings. The maximum Gasteiger partial charge on any atom is 0.331 e. The van der Waals surface area contributed by atoms with Crippen molar-refractivity contribution in [2.45, 2.75) is 24.2 Å². The number of nitrogens with zero attached hydrogens (tertiary/aromatic N) is 1. The van der Waals surface area contributed by atoms with E-state index in [-0.39, 0.29) is 22.6 Å². The molecule has 2 aromatic carbocycles. The molecule has 2 aliphatic heterocycles. The molecule has 27 heavy (non-hydrogen) atoms. The highest BCUT2D eigenvalue weighted by Gasteiger charge is 2.24. The van der Waals surface area contributed by atoms with Crippen LogP contribution in [0.2, 0.25) is 0 Å². The van der Waals surface area contributed by atoms with Crippen LogP contribution in [0.15, 0.2) is 52.9 Å². The number of hydrogen-bond acceptors (Lipinski definition) is 4. The van der Waals surface area contributed by atoms with Gasteiger partial charge in [-0.3, -0.25) is 0 Å². The summed E-state index contributed by atoms with van der Waals surface area (Å²) in [6.07, 6.45) is 3.95. The molecule has 2 aliphatic rings. The lowest BCUT2D eigenvalue weighted by molar-refractivity contribution is -0.132. The molecule has 140 valence electrons. The monoisotopic (exact) mass is 383 g/mol. The lowest BCUT2D eigenvalue weighted by Crippen LogP contribution is -2.17. The fourth-order valence-corrected chi connectivity index (χ4v) is 5.21. The topological polar surface area (TPSA) is 74.7 Å². The molecule has 0 saturated carbocycles. The van der Waals surface area contributed by atoms with E-state index in [1.54, 1.807) is 18.2 Å². The third kappa shape index (κ3) is 3.49. The summed E-state index contributed by atoms with van der Waals surface area (Å²) >= 11 is 0. The first kappa shape index (κ1) is 17.8. The van der Waals surface area contributed by atoms with Crippen LogP contribution < -0.4 is 4.90 Å². The standard InChI is InChI=1S/C21H21NO4S/c23-21(24)17-9-12-27(25,26)20-8-5-16(13-18(20)14-17)15-3-6-19(7-4-15)22-10-1-2-11-22/h3-8,13-14H,1-2,9-12H2,(H,23,24). The van der Waals surface area contributed by atoms with Gasteiger partial charge in [0.15, 0.2) is 9.84 Å². The van der Waals surface area contributed by atoms with Gasteiger partial charge >= 0.3 is 5.97 Å². The average molecular weight is 383 g/mol. The molecular weight excluding hydrogens is 362 g/mol. The number of carboxylic acids is 1. The largest absolute Gasteiger partial charge is 0.478 e. The summed E-state index contributed by atoms with van der Waals surface area (Å²) in [6.45, 7) is 2.16. The van der Waals surface area contributed by atoms with Gasteiger partial charge in [-0.15, -0.1) is 0 Å². The van der Waals surface area contributed by atoms with Crippen molar-refractivity contribution in [2.75, 3.05) is 23.7 Å². The highest BCUT2D eigenvalue weighted by Crippen LogP contribution is 2.32. The summed E-state index contributed by atoms with van der Waals surface area (Å²) in [6, 6.07) is 13.4. The van der Waals surface area contributed by atoms with Gasteiger partial charge in [-0.05, 0) is 66.3 Å². The lowest BCUT2D eigenvalue weighted by Gasteiger charge is -2.18. The van der Waals surface area contributed by atoms with Crippen molar-refractivity contribution in [1.29, 1.82) is 0 Å². The van der Waals surface area contributed by atoms with E-state index in [9.17, 15) is 18.3 Å². The Hall–Kier alpha value is -2.60. The summed E-state index contributed by atoms with van der Waals surface area (Å²) in [7, 11) is -3.48. The Morgan fingerprint density at radius 1 is 0.963 bits per heavy atom. The van der Waals surface area contributed by atoms with E-state index < -0.39 is 15.8 Å². The number of sulfone groups is 1. The Kier molecular flexibility index (Phi) is 4.52. The van der Waals surface area contributed by atoms with Crippen LogP contribution in [0.3, 0.4) is 0 Å². The van der Waals surface area contributed by atoms with Gasteiger partial charge < -0.3 is 10.0 Å². The number of hydrogen-bond donors (Lipinski definition) is 1. The maximum atomic E-state index is 12.5. The Morgan fingerprint density at radius 3 is 2.30 bits per heavy atom. The van der Waals surface area contributed by atoms with Crippen molar-refractivity contribution >= 4 is 27.6 Å². The number of anilines is 1. The molecule has 0 aromatic heterocycles. The SMILES string of the molecule is O=C(O)C1=Cc2cc(-c3ccc(N4CCCC4)cc3)ccc2S(=O)(=O)CC1. The molecule has 1 N–H and O–H groups in total. The van der Waals surface area contributed by atoms with Crippen molar-refractivity contribution in [3.63, 3.8) is 0 Å². The van der Waals surface area contributed by atoms with E-state index in [0.29, 0.717) is 5.56 Å². The van der Waals surface area contributed by atoms with Crippen LogP contribution in [0.5, 0.6) is 0 Å². The van der Waals surface area contributed by atoms with Crippen molar-refractivity contribution in [2.24, 2.45) is 0 Å². The molecule has 0 spiro atoms. The number of benzene rings is 2. The van der Waals surface area contributed by atoms with Gasteiger partial charge in [-0.2, -0.15) is 0 Å². The van der Waals surface area contributed by atoms with Gasteiger partial charge in [0.2, 0.25) is 0 Å². The molecule has 1 fully saturated rings. The van der Waals surface area contributed by atoms with Crippen LogP contribution in [0.4, 0.5) is 5.69 Å². The minimum absolute atomic E-state index is 0.0201. The molecule has 0 unspecified atom stereocenters. The Bertz CT molecular complexity index is 1020. The van der Waals surface area contributed by atoms with E-state index in [1.807, 2.05) is 12.1 Å². The minimum atomic E-state index is -3.48. The van der Waals surface area contributed by atoms with Crippen LogP contribution in [0.25, 0.3) is 17.2 Å². The number of aliphatic carboxylic acids is 1. The summed E-state index contributed by atoms with van der Waals surface area (Å²) in [5.41, 5.74) is 3.62. The Labute approximate surface area is 158 Å². The molecule has 1 saturated heterocycles. The molecule has 0 amide bonds. The van der Waals surface area contributed by atoms with Gasteiger partial charge in [-0.25, -0.2) is 13.2 Å². The predicted molar refractivity (Wildman–Crippen MR) is 106 cm³/mol. The van der Waals surface area contributed by atoms with Crippen LogP contribution in [0, 0.1) is 0 Å². The molecule has 2 heterocycles.